The number of amides is 2. The Labute approximate surface area is 215 Å². The minimum absolute atomic E-state index is 0. The number of nitrogens with one attached hydrogen (secondary N) is 3. The third-order valence-electron chi connectivity index (χ3n) is 5.97. The zero-order valence-corrected chi connectivity index (χ0v) is 20.5. The van der Waals surface area contributed by atoms with Crippen LogP contribution in [0.15, 0.2) is 61.1 Å². The number of aromatic hydroxyl groups is 1. The molecule has 2 aromatic heterocycles. The third-order valence-corrected chi connectivity index (χ3v) is 5.97. The van der Waals surface area contributed by atoms with Crippen molar-refractivity contribution in [3.63, 3.8) is 0 Å². The molecule has 2 atom stereocenters. The van der Waals surface area contributed by atoms with Crippen LogP contribution in [0, 0.1) is 6.92 Å². The molecule has 1 saturated heterocycles. The van der Waals surface area contributed by atoms with Crippen LogP contribution in [0.3, 0.4) is 0 Å². The summed E-state index contributed by atoms with van der Waals surface area (Å²) in [6.07, 6.45) is 5.93. The largest absolute Gasteiger partial charge is 0.506 e. The average Bonchev–Trinajstić information content (AvgIpc) is 3.10. The van der Waals surface area contributed by atoms with E-state index in [-0.39, 0.29) is 53.4 Å². The van der Waals surface area contributed by atoms with Crippen LogP contribution in [0.5, 0.6) is 5.75 Å². The Morgan fingerprint density at radius 1 is 0.944 bits per heavy atom. The fourth-order valence-corrected chi connectivity index (χ4v) is 4.04. The summed E-state index contributed by atoms with van der Waals surface area (Å²) in [6, 6.07) is 10.5. The van der Waals surface area contributed by atoms with E-state index in [0.717, 1.165) is 13.0 Å². The van der Waals surface area contributed by atoms with Crippen molar-refractivity contribution in [2.24, 2.45) is 0 Å². The molecule has 1 aliphatic heterocycles. The molecular formula is C26H28ClN5O4. The first kappa shape index (κ1) is 26.8. The summed E-state index contributed by atoms with van der Waals surface area (Å²) in [6.45, 7) is 3.07. The molecule has 1 fully saturated rings. The number of aryl methyl sites for hydroxylation is 1. The van der Waals surface area contributed by atoms with Crippen molar-refractivity contribution in [1.29, 1.82) is 0 Å². The van der Waals surface area contributed by atoms with Crippen LogP contribution in [0.25, 0.3) is 0 Å². The molecule has 3 heterocycles. The Morgan fingerprint density at radius 3 is 2.25 bits per heavy atom. The van der Waals surface area contributed by atoms with E-state index in [4.69, 9.17) is 0 Å². The summed E-state index contributed by atoms with van der Waals surface area (Å²) >= 11 is 0. The highest BCUT2D eigenvalue weighted by Gasteiger charge is 2.27. The predicted octanol–water partition coefficient (Wildman–Crippen LogP) is 2.42. The van der Waals surface area contributed by atoms with Gasteiger partial charge in [0.05, 0.1) is 23.8 Å². The van der Waals surface area contributed by atoms with Gasteiger partial charge in [-0.05, 0) is 56.6 Å². The Morgan fingerprint density at radius 2 is 1.56 bits per heavy atom. The first-order valence-electron chi connectivity index (χ1n) is 11.4. The second-order valence-electron chi connectivity index (χ2n) is 8.49. The van der Waals surface area contributed by atoms with Gasteiger partial charge in [0.15, 0.2) is 5.78 Å². The van der Waals surface area contributed by atoms with Gasteiger partial charge in [-0.15, -0.1) is 12.4 Å². The molecule has 0 bridgehead atoms. The molecule has 2 amide bonds. The number of halogens is 1. The van der Waals surface area contributed by atoms with Gasteiger partial charge in [0, 0.05) is 41.3 Å². The number of aromatic nitrogens is 2. The van der Waals surface area contributed by atoms with Crippen LogP contribution in [-0.2, 0) is 0 Å². The summed E-state index contributed by atoms with van der Waals surface area (Å²) in [4.78, 5) is 46.3. The zero-order valence-electron chi connectivity index (χ0n) is 19.7. The first-order chi connectivity index (χ1) is 16.9. The van der Waals surface area contributed by atoms with E-state index in [0.29, 0.717) is 35.3 Å². The number of carbonyl (C=O) groups excluding carboxylic acids is 3. The highest BCUT2D eigenvalue weighted by atomic mass is 35.5. The fourth-order valence-electron chi connectivity index (χ4n) is 4.04. The van der Waals surface area contributed by atoms with Crippen LogP contribution in [0.4, 0.5) is 0 Å². The molecule has 0 saturated carbocycles. The van der Waals surface area contributed by atoms with Crippen molar-refractivity contribution in [1.82, 2.24) is 25.9 Å². The van der Waals surface area contributed by atoms with Crippen LogP contribution >= 0.6 is 12.4 Å². The highest BCUT2D eigenvalue weighted by Crippen LogP contribution is 2.20. The Hall–Kier alpha value is -3.82. The Bertz CT molecular complexity index is 1220. The molecule has 1 aliphatic rings. The fraction of sp³-hybridized carbons (Fsp3) is 0.269. The van der Waals surface area contributed by atoms with Gasteiger partial charge in [-0.2, -0.15) is 0 Å². The van der Waals surface area contributed by atoms with Crippen LogP contribution in [0.2, 0.25) is 0 Å². The number of hydrogen-bond acceptors (Lipinski definition) is 7. The van der Waals surface area contributed by atoms with Crippen LogP contribution < -0.4 is 16.0 Å². The van der Waals surface area contributed by atoms with Gasteiger partial charge >= 0.3 is 0 Å². The molecule has 188 valence electrons. The monoisotopic (exact) mass is 509 g/mol. The third kappa shape index (κ3) is 6.44. The SMILES string of the molecule is Cc1cc(C(=O)c2ccc(C(=O)N[C@@H]3CCCNC[C@H]3NC(=O)c3ccncc3)cc2)c(O)cn1.Cl. The lowest BCUT2D eigenvalue weighted by Crippen LogP contribution is -2.54. The van der Waals surface area contributed by atoms with E-state index in [1.165, 1.54) is 12.3 Å². The highest BCUT2D eigenvalue weighted by molar-refractivity contribution is 6.11. The quantitative estimate of drug-likeness (QED) is 0.375. The molecule has 10 heteroatoms. The zero-order chi connectivity index (χ0) is 24.8. The molecule has 4 rings (SSSR count). The first-order valence-corrected chi connectivity index (χ1v) is 11.4. The van der Waals surface area contributed by atoms with Gasteiger partial charge in [0.2, 0.25) is 0 Å². The molecule has 0 spiro atoms. The van der Waals surface area contributed by atoms with E-state index in [1.54, 1.807) is 55.7 Å². The molecule has 0 radical (unpaired) electrons. The number of rotatable bonds is 6. The topological polar surface area (TPSA) is 133 Å². The molecule has 36 heavy (non-hydrogen) atoms. The lowest BCUT2D eigenvalue weighted by atomic mass is 10.0. The molecule has 3 aromatic rings. The standard InChI is InChI=1S/C26H27N5O4.ClH/c1-16-13-20(23(32)15-29-16)24(33)17-4-6-18(7-5-17)25(34)30-21-3-2-10-28-14-22(21)31-26(35)19-8-11-27-12-9-19;/h4-9,11-13,15,21-22,28,32H,2-3,10,14H2,1H3,(H,30,34)(H,31,35);1H/t21-,22-;/m1./s1. The maximum Gasteiger partial charge on any atom is 0.251 e. The Balaban J connectivity index is 0.00000361. The summed E-state index contributed by atoms with van der Waals surface area (Å²) in [5.41, 5.74) is 2.03. The molecule has 0 unspecified atom stereocenters. The maximum atomic E-state index is 13.0. The molecule has 4 N–H and O–H groups in total. The minimum atomic E-state index is -0.353. The van der Waals surface area contributed by atoms with E-state index >= 15 is 0 Å². The van der Waals surface area contributed by atoms with Crippen molar-refractivity contribution < 1.29 is 19.5 Å². The summed E-state index contributed by atoms with van der Waals surface area (Å²) in [5, 5.41) is 19.3. The van der Waals surface area contributed by atoms with Crippen LogP contribution in [0.1, 0.15) is 55.2 Å². The predicted molar refractivity (Wildman–Crippen MR) is 137 cm³/mol. The Kier molecular flexibility index (Phi) is 9.10. The maximum absolute atomic E-state index is 13.0. The summed E-state index contributed by atoms with van der Waals surface area (Å²) in [5.74, 6) is -1.06. The van der Waals surface area contributed by atoms with Gasteiger partial charge in [0.25, 0.3) is 11.8 Å². The van der Waals surface area contributed by atoms with Gasteiger partial charge in [0.1, 0.15) is 5.75 Å². The number of hydrogen-bond donors (Lipinski definition) is 4. The number of benzene rings is 1. The van der Waals surface area contributed by atoms with E-state index < -0.39 is 0 Å². The second-order valence-corrected chi connectivity index (χ2v) is 8.49. The van der Waals surface area contributed by atoms with E-state index in [9.17, 15) is 19.5 Å². The van der Waals surface area contributed by atoms with Crippen molar-refractivity contribution in [2.45, 2.75) is 31.8 Å². The van der Waals surface area contributed by atoms with Crippen molar-refractivity contribution in [3.8, 4) is 5.75 Å². The molecular weight excluding hydrogens is 482 g/mol. The molecule has 9 nitrogen and oxygen atoms in total. The lowest BCUT2D eigenvalue weighted by molar-refractivity contribution is 0.0882. The molecule has 1 aromatic carbocycles. The van der Waals surface area contributed by atoms with Crippen molar-refractivity contribution in [2.75, 3.05) is 13.1 Å². The number of carbonyl (C=O) groups is 3. The number of pyridine rings is 2. The number of nitrogens with zero attached hydrogens (tertiary/aromatic N) is 2. The van der Waals surface area contributed by atoms with E-state index in [2.05, 4.69) is 25.9 Å². The summed E-state index contributed by atoms with van der Waals surface area (Å²) < 4.78 is 0. The van der Waals surface area contributed by atoms with E-state index in [1.807, 2.05) is 0 Å². The van der Waals surface area contributed by atoms with Gasteiger partial charge in [-0.25, -0.2) is 0 Å². The van der Waals surface area contributed by atoms with Gasteiger partial charge in [-0.1, -0.05) is 12.1 Å². The average molecular weight is 510 g/mol. The van der Waals surface area contributed by atoms with Gasteiger partial charge in [-0.3, -0.25) is 24.4 Å². The van der Waals surface area contributed by atoms with Crippen LogP contribution in [-0.4, -0.2) is 57.8 Å². The lowest BCUT2D eigenvalue weighted by Gasteiger charge is -2.27. The minimum Gasteiger partial charge on any atom is -0.506 e. The summed E-state index contributed by atoms with van der Waals surface area (Å²) in [7, 11) is 0. The van der Waals surface area contributed by atoms with Crippen molar-refractivity contribution >= 4 is 30.0 Å². The number of ketones is 1. The van der Waals surface area contributed by atoms with Crippen molar-refractivity contribution in [3.05, 3.63) is 89.0 Å². The second kappa shape index (κ2) is 12.2. The van der Waals surface area contributed by atoms with Gasteiger partial charge < -0.3 is 21.1 Å². The molecule has 0 aliphatic carbocycles. The normalized spacial score (nSPS) is 17.2. The smallest absolute Gasteiger partial charge is 0.251 e.